The maximum Gasteiger partial charge on any atom is 0.412 e. The predicted octanol–water partition coefficient (Wildman–Crippen LogP) is 1.51. The Morgan fingerprint density at radius 1 is 1.04 bits per heavy atom. The Morgan fingerprint density at radius 2 is 1.69 bits per heavy atom. The van der Waals surface area contributed by atoms with E-state index < -0.39 is 30.6 Å². The van der Waals surface area contributed by atoms with Gasteiger partial charge in [0, 0.05) is 0 Å². The summed E-state index contributed by atoms with van der Waals surface area (Å²) in [6.45, 7) is 0.333. The molecule has 3 aliphatic rings. The fourth-order valence-corrected chi connectivity index (χ4v) is 3.33. The molecular weight excluding hydrogens is 336 g/mol. The number of amides is 1. The lowest BCUT2D eigenvalue weighted by Gasteiger charge is -2.54. The van der Waals surface area contributed by atoms with Crippen molar-refractivity contribution in [1.29, 1.82) is 0 Å². The van der Waals surface area contributed by atoms with Crippen LogP contribution in [-0.2, 0) is 16.2 Å². The minimum atomic E-state index is -1.20. The molecule has 2 N–H and O–H groups in total. The van der Waals surface area contributed by atoms with Crippen LogP contribution in [0.1, 0.15) is 5.56 Å². The number of piperidine rings is 1. The van der Waals surface area contributed by atoms with E-state index in [1.807, 2.05) is 60.7 Å². The zero-order valence-electron chi connectivity index (χ0n) is 14.0. The van der Waals surface area contributed by atoms with E-state index in [0.717, 1.165) is 11.3 Å². The number of aliphatic hydroxyl groups is 2. The number of aliphatic hydroxyl groups excluding tert-OH is 2. The van der Waals surface area contributed by atoms with Crippen molar-refractivity contribution in [3.63, 3.8) is 0 Å². The molecule has 0 unspecified atom stereocenters. The van der Waals surface area contributed by atoms with Crippen molar-refractivity contribution in [3.8, 4) is 0 Å². The van der Waals surface area contributed by atoms with Gasteiger partial charge in [-0.1, -0.05) is 48.5 Å². The highest BCUT2D eigenvalue weighted by Gasteiger charge is 2.54. The van der Waals surface area contributed by atoms with Crippen molar-refractivity contribution in [2.75, 3.05) is 11.6 Å². The first-order chi connectivity index (χ1) is 12.6. The number of hydrogen-bond acceptors (Lipinski definition) is 6. The molecule has 5 rings (SSSR count). The maximum atomic E-state index is 12.5. The number of para-hydroxylation sites is 1. The van der Waals surface area contributed by atoms with Crippen LogP contribution in [0.2, 0.25) is 0 Å². The summed E-state index contributed by atoms with van der Waals surface area (Å²) in [4.78, 5) is 19.6. The predicted molar refractivity (Wildman–Crippen MR) is 92.9 cm³/mol. The van der Waals surface area contributed by atoms with E-state index in [2.05, 4.69) is 0 Å². The van der Waals surface area contributed by atoms with Gasteiger partial charge in [0.05, 0.1) is 12.2 Å². The molecule has 3 aliphatic heterocycles. The third-order valence-electron chi connectivity index (χ3n) is 4.70. The van der Waals surface area contributed by atoms with Crippen molar-refractivity contribution in [2.45, 2.75) is 31.1 Å². The van der Waals surface area contributed by atoms with Gasteiger partial charge in [-0.2, -0.15) is 0 Å². The van der Waals surface area contributed by atoms with Gasteiger partial charge in [0.2, 0.25) is 0 Å². The van der Waals surface area contributed by atoms with Crippen molar-refractivity contribution < 1.29 is 24.6 Å². The van der Waals surface area contributed by atoms with Gasteiger partial charge in [0.15, 0.2) is 6.23 Å². The smallest absolute Gasteiger partial charge is 0.412 e. The normalized spacial score (nSPS) is 27.5. The average Bonchev–Trinajstić information content (AvgIpc) is 2.70. The molecule has 7 nitrogen and oxygen atoms in total. The highest BCUT2D eigenvalue weighted by molar-refractivity contribution is 5.69. The van der Waals surface area contributed by atoms with Gasteiger partial charge < -0.3 is 14.9 Å². The second kappa shape index (κ2) is 6.95. The van der Waals surface area contributed by atoms with Crippen LogP contribution < -0.4 is 5.06 Å². The van der Waals surface area contributed by atoms with Crippen LogP contribution >= 0.6 is 0 Å². The van der Waals surface area contributed by atoms with Crippen molar-refractivity contribution >= 4 is 11.8 Å². The number of carbonyl (C=O) groups is 1. The number of nitrogens with zero attached hydrogens (tertiary/aromatic N) is 2. The van der Waals surface area contributed by atoms with Crippen LogP contribution in [0, 0.1) is 0 Å². The summed E-state index contributed by atoms with van der Waals surface area (Å²) in [5.74, 6) is 0. The van der Waals surface area contributed by atoms with Crippen molar-refractivity contribution in [2.24, 2.45) is 0 Å². The number of benzene rings is 2. The Balaban J connectivity index is 1.47. The maximum absolute atomic E-state index is 12.5. The van der Waals surface area contributed by atoms with Gasteiger partial charge in [-0.05, 0) is 17.7 Å². The fraction of sp³-hybridized carbons (Fsp3) is 0.316. The number of rotatable bonds is 3. The number of hydroxylamine groups is 1. The van der Waals surface area contributed by atoms with Crippen LogP contribution in [-0.4, -0.2) is 52.2 Å². The standard InChI is InChI=1S/C19H20N2O5/c22-16-15-11-20(19(24)25-12-13-7-3-1-4-8-13)18(17(16)23)26-21(15)14-9-5-2-6-10-14/h1-10,15-18,22-23H,11-12H2/t15-,16+,17+,18-/m1/s1. The number of carbonyl (C=O) groups excluding carboxylic acids is 1. The Morgan fingerprint density at radius 3 is 2.38 bits per heavy atom. The largest absolute Gasteiger partial charge is 0.444 e. The topological polar surface area (TPSA) is 82.5 Å². The highest BCUT2D eigenvalue weighted by Crippen LogP contribution is 2.34. The first-order valence-corrected chi connectivity index (χ1v) is 8.49. The molecule has 1 amide bonds. The quantitative estimate of drug-likeness (QED) is 0.868. The summed E-state index contributed by atoms with van der Waals surface area (Å²) < 4.78 is 5.34. The van der Waals surface area contributed by atoms with Gasteiger partial charge in [-0.25, -0.2) is 14.7 Å². The summed E-state index contributed by atoms with van der Waals surface area (Å²) in [6, 6.07) is 18.1. The molecule has 2 aromatic rings. The molecule has 0 aromatic heterocycles. The van der Waals surface area contributed by atoms with Crippen molar-refractivity contribution in [1.82, 2.24) is 4.90 Å². The number of ether oxygens (including phenoxy) is 1. The Bertz CT molecular complexity index is 757. The molecular formula is C19H20N2O5. The van der Waals surface area contributed by atoms with Crippen LogP contribution in [0.15, 0.2) is 60.7 Å². The molecule has 7 heteroatoms. The van der Waals surface area contributed by atoms with Gasteiger partial charge in [-0.3, -0.25) is 4.90 Å². The van der Waals surface area contributed by atoms with Gasteiger partial charge in [0.1, 0.15) is 24.9 Å². The highest BCUT2D eigenvalue weighted by atomic mass is 16.7. The number of fused-ring (bicyclic) bond motifs is 3. The number of hydrogen-bond donors (Lipinski definition) is 2. The molecule has 2 aromatic carbocycles. The second-order valence-corrected chi connectivity index (χ2v) is 6.40. The molecule has 0 radical (unpaired) electrons. The van der Waals surface area contributed by atoms with E-state index in [4.69, 9.17) is 9.57 Å². The van der Waals surface area contributed by atoms with Crippen molar-refractivity contribution in [3.05, 3.63) is 66.2 Å². The lowest BCUT2D eigenvalue weighted by Crippen LogP contribution is -2.74. The Labute approximate surface area is 150 Å². The zero-order valence-corrected chi connectivity index (χ0v) is 14.0. The van der Waals surface area contributed by atoms with E-state index >= 15 is 0 Å². The van der Waals surface area contributed by atoms with Gasteiger partial charge in [-0.15, -0.1) is 0 Å². The Hall–Kier alpha value is -2.61. The molecule has 0 aliphatic carbocycles. The average molecular weight is 356 g/mol. The first-order valence-electron chi connectivity index (χ1n) is 8.49. The van der Waals surface area contributed by atoms with E-state index in [1.54, 1.807) is 5.06 Å². The van der Waals surface area contributed by atoms with Crippen LogP contribution in [0.25, 0.3) is 0 Å². The van der Waals surface area contributed by atoms with Crippen LogP contribution in [0.3, 0.4) is 0 Å². The van der Waals surface area contributed by atoms with E-state index in [1.165, 1.54) is 4.90 Å². The molecule has 0 spiro atoms. The van der Waals surface area contributed by atoms with Crippen LogP contribution in [0.4, 0.5) is 10.5 Å². The SMILES string of the molecule is O=C(OCc1ccccc1)N1C[C@@H]2[C@H](O)[C@H](O)[C@H]1ON2c1ccccc1. The molecule has 4 atom stereocenters. The third kappa shape index (κ3) is 3.01. The lowest BCUT2D eigenvalue weighted by atomic mass is 9.95. The second-order valence-electron chi connectivity index (χ2n) is 6.40. The van der Waals surface area contributed by atoms with Gasteiger partial charge >= 0.3 is 6.09 Å². The van der Waals surface area contributed by atoms with E-state index in [9.17, 15) is 15.0 Å². The van der Waals surface area contributed by atoms with Crippen LogP contribution in [0.5, 0.6) is 0 Å². The third-order valence-corrected chi connectivity index (χ3v) is 4.70. The molecule has 0 saturated carbocycles. The molecule has 136 valence electrons. The van der Waals surface area contributed by atoms with E-state index in [-0.39, 0.29) is 13.2 Å². The minimum Gasteiger partial charge on any atom is -0.444 e. The molecule has 2 bridgehead atoms. The van der Waals surface area contributed by atoms with Gasteiger partial charge in [0.25, 0.3) is 0 Å². The summed E-state index contributed by atoms with van der Waals surface area (Å²) >= 11 is 0. The zero-order chi connectivity index (χ0) is 18.1. The fourth-order valence-electron chi connectivity index (χ4n) is 3.33. The summed E-state index contributed by atoms with van der Waals surface area (Å²) in [5.41, 5.74) is 1.63. The summed E-state index contributed by atoms with van der Waals surface area (Å²) in [6.07, 6.45) is -3.80. The summed E-state index contributed by atoms with van der Waals surface area (Å²) in [7, 11) is 0. The van der Waals surface area contributed by atoms with E-state index in [0.29, 0.717) is 0 Å². The number of anilines is 1. The molecule has 3 saturated heterocycles. The molecule has 26 heavy (non-hydrogen) atoms. The minimum absolute atomic E-state index is 0.134. The Kier molecular flexibility index (Phi) is 4.50. The first kappa shape index (κ1) is 16.8. The molecule has 3 heterocycles. The monoisotopic (exact) mass is 356 g/mol. The summed E-state index contributed by atoms with van der Waals surface area (Å²) in [5, 5.41) is 22.2. The molecule has 3 fully saturated rings. The lowest BCUT2D eigenvalue weighted by molar-refractivity contribution is -0.238.